The summed E-state index contributed by atoms with van der Waals surface area (Å²) in [5, 5.41) is 0. The molecule has 0 saturated heterocycles. The number of methoxy groups -OCH3 is 2. The summed E-state index contributed by atoms with van der Waals surface area (Å²) in [5.41, 5.74) is 0.527. The van der Waals surface area contributed by atoms with Gasteiger partial charge < -0.3 is 14.5 Å². The van der Waals surface area contributed by atoms with E-state index >= 15 is 0 Å². The third-order valence-electron chi connectivity index (χ3n) is 4.33. The van der Waals surface area contributed by atoms with Gasteiger partial charge in [0.2, 0.25) is 5.82 Å². The lowest BCUT2D eigenvalue weighted by Gasteiger charge is -2.28. The SMILES string of the molecule is COc1cccc(OC)c1CN1CCc2nc(C(F)(F)F)[nH]c(=O)c2C1. The van der Waals surface area contributed by atoms with Crippen molar-refractivity contribution in [1.82, 2.24) is 14.9 Å². The highest BCUT2D eigenvalue weighted by Crippen LogP contribution is 2.31. The Morgan fingerprint density at radius 1 is 1.23 bits per heavy atom. The van der Waals surface area contributed by atoms with Gasteiger partial charge in [-0.1, -0.05) is 6.07 Å². The van der Waals surface area contributed by atoms with Crippen LogP contribution in [0.15, 0.2) is 23.0 Å². The van der Waals surface area contributed by atoms with Crippen LogP contribution in [0.5, 0.6) is 11.5 Å². The van der Waals surface area contributed by atoms with Crippen molar-refractivity contribution in [1.29, 1.82) is 0 Å². The summed E-state index contributed by atoms with van der Waals surface area (Å²) in [6.45, 7) is 1.12. The molecule has 0 radical (unpaired) electrons. The van der Waals surface area contributed by atoms with Crippen molar-refractivity contribution >= 4 is 0 Å². The maximum atomic E-state index is 12.8. The molecule has 3 rings (SSSR count). The van der Waals surface area contributed by atoms with E-state index in [-0.39, 0.29) is 24.2 Å². The first kappa shape index (κ1) is 18.2. The summed E-state index contributed by atoms with van der Waals surface area (Å²) in [7, 11) is 3.11. The first-order valence-corrected chi connectivity index (χ1v) is 7.95. The normalized spacial score (nSPS) is 14.8. The van der Waals surface area contributed by atoms with Crippen molar-refractivity contribution in [2.75, 3.05) is 20.8 Å². The number of H-pyrrole nitrogens is 1. The van der Waals surface area contributed by atoms with Crippen molar-refractivity contribution in [2.24, 2.45) is 0 Å². The van der Waals surface area contributed by atoms with E-state index in [4.69, 9.17) is 9.47 Å². The number of hydrogen-bond donors (Lipinski definition) is 1. The van der Waals surface area contributed by atoms with E-state index in [1.165, 1.54) is 0 Å². The third kappa shape index (κ3) is 3.52. The van der Waals surface area contributed by atoms with Gasteiger partial charge in [-0.3, -0.25) is 9.69 Å². The zero-order valence-corrected chi connectivity index (χ0v) is 14.3. The average molecular weight is 369 g/mol. The second-order valence-corrected chi connectivity index (χ2v) is 5.94. The van der Waals surface area contributed by atoms with Gasteiger partial charge >= 0.3 is 6.18 Å². The number of hydrogen-bond acceptors (Lipinski definition) is 5. The molecular weight excluding hydrogens is 351 g/mol. The molecule has 0 atom stereocenters. The smallest absolute Gasteiger partial charge is 0.449 e. The lowest BCUT2D eigenvalue weighted by atomic mass is 10.1. The van der Waals surface area contributed by atoms with Crippen molar-refractivity contribution in [2.45, 2.75) is 25.7 Å². The van der Waals surface area contributed by atoms with E-state index in [1.54, 1.807) is 32.4 Å². The van der Waals surface area contributed by atoms with Gasteiger partial charge in [-0.15, -0.1) is 0 Å². The van der Waals surface area contributed by atoms with Crippen LogP contribution in [0.2, 0.25) is 0 Å². The molecule has 0 unspecified atom stereocenters. The number of fused-ring (bicyclic) bond motifs is 1. The van der Waals surface area contributed by atoms with Gasteiger partial charge in [-0.05, 0) is 12.1 Å². The van der Waals surface area contributed by atoms with Crippen molar-refractivity contribution in [3.8, 4) is 11.5 Å². The van der Waals surface area contributed by atoms with Gasteiger partial charge in [-0.25, -0.2) is 4.98 Å². The second kappa shape index (κ2) is 6.99. The highest BCUT2D eigenvalue weighted by molar-refractivity contribution is 5.44. The Balaban J connectivity index is 1.87. The predicted molar refractivity (Wildman–Crippen MR) is 87.2 cm³/mol. The Labute approximate surface area is 147 Å². The summed E-state index contributed by atoms with van der Waals surface area (Å²) in [4.78, 5) is 19.5. The molecule has 0 amide bonds. The van der Waals surface area contributed by atoms with Crippen LogP contribution in [0.4, 0.5) is 13.2 Å². The molecule has 6 nitrogen and oxygen atoms in total. The fourth-order valence-corrected chi connectivity index (χ4v) is 3.06. The third-order valence-corrected chi connectivity index (χ3v) is 4.33. The number of aromatic nitrogens is 2. The van der Waals surface area contributed by atoms with E-state index in [2.05, 4.69) is 4.98 Å². The second-order valence-electron chi connectivity index (χ2n) is 5.94. The van der Waals surface area contributed by atoms with Crippen LogP contribution >= 0.6 is 0 Å². The fraction of sp³-hybridized carbons (Fsp3) is 0.412. The number of ether oxygens (including phenoxy) is 2. The molecule has 2 heterocycles. The topological polar surface area (TPSA) is 67.5 Å². The van der Waals surface area contributed by atoms with Crippen molar-refractivity contribution in [3.05, 3.63) is 51.2 Å². The molecule has 1 aromatic heterocycles. The highest BCUT2D eigenvalue weighted by atomic mass is 19.4. The summed E-state index contributed by atoms with van der Waals surface area (Å²) in [5.74, 6) is 0.0466. The molecule has 2 aromatic rings. The van der Waals surface area contributed by atoms with Gasteiger partial charge in [0, 0.05) is 26.1 Å². The summed E-state index contributed by atoms with van der Waals surface area (Å²) >= 11 is 0. The molecule has 140 valence electrons. The molecule has 1 aromatic carbocycles. The van der Waals surface area contributed by atoms with E-state index in [1.807, 2.05) is 9.88 Å². The van der Waals surface area contributed by atoms with Gasteiger partial charge in [-0.2, -0.15) is 13.2 Å². The molecule has 9 heteroatoms. The molecule has 1 aliphatic heterocycles. The van der Waals surface area contributed by atoms with E-state index < -0.39 is 17.6 Å². The monoisotopic (exact) mass is 369 g/mol. The van der Waals surface area contributed by atoms with E-state index in [0.717, 1.165) is 5.56 Å². The van der Waals surface area contributed by atoms with E-state index in [9.17, 15) is 18.0 Å². The van der Waals surface area contributed by atoms with Crippen molar-refractivity contribution in [3.63, 3.8) is 0 Å². The lowest BCUT2D eigenvalue weighted by molar-refractivity contribution is -0.145. The standard InChI is InChI=1S/C17H18F3N3O3/c1-25-13-4-3-5-14(26-2)11(13)9-23-7-6-12-10(8-23)15(24)22-16(21-12)17(18,19)20/h3-5H,6-9H2,1-2H3,(H,21,22,24). The van der Waals surface area contributed by atoms with Crippen LogP contribution in [0.25, 0.3) is 0 Å². The number of nitrogens with zero attached hydrogens (tertiary/aromatic N) is 2. The van der Waals surface area contributed by atoms with Gasteiger partial charge in [0.25, 0.3) is 5.56 Å². The Hall–Kier alpha value is -2.55. The molecule has 26 heavy (non-hydrogen) atoms. The number of alkyl halides is 3. The molecular formula is C17H18F3N3O3. The maximum absolute atomic E-state index is 12.8. The van der Waals surface area contributed by atoms with Gasteiger partial charge in [0.15, 0.2) is 0 Å². The van der Waals surface area contributed by atoms with Crippen LogP contribution < -0.4 is 15.0 Å². The highest BCUT2D eigenvalue weighted by Gasteiger charge is 2.36. The number of halogens is 3. The molecule has 0 saturated carbocycles. The number of rotatable bonds is 4. The fourth-order valence-electron chi connectivity index (χ4n) is 3.06. The minimum absolute atomic E-state index is 0.198. The summed E-state index contributed by atoms with van der Waals surface area (Å²) in [6.07, 6.45) is -4.41. The average Bonchev–Trinajstić information content (AvgIpc) is 2.61. The van der Waals surface area contributed by atoms with Gasteiger partial charge in [0.1, 0.15) is 11.5 Å². The van der Waals surface area contributed by atoms with Crippen LogP contribution in [0.3, 0.4) is 0 Å². The number of nitrogens with one attached hydrogen (secondary N) is 1. The molecule has 1 aliphatic rings. The zero-order valence-electron chi connectivity index (χ0n) is 14.3. The molecule has 0 fully saturated rings. The Morgan fingerprint density at radius 3 is 2.46 bits per heavy atom. The van der Waals surface area contributed by atoms with Crippen LogP contribution in [0, 0.1) is 0 Å². The molecule has 0 aliphatic carbocycles. The summed E-state index contributed by atoms with van der Waals surface area (Å²) in [6, 6.07) is 5.42. The minimum atomic E-state index is -4.67. The molecule has 0 bridgehead atoms. The minimum Gasteiger partial charge on any atom is -0.496 e. The number of aromatic amines is 1. The molecule has 1 N–H and O–H groups in total. The van der Waals surface area contributed by atoms with Crippen LogP contribution in [-0.2, 0) is 25.7 Å². The first-order chi connectivity index (χ1) is 12.3. The maximum Gasteiger partial charge on any atom is 0.449 e. The Kier molecular flexibility index (Phi) is 4.90. The quantitative estimate of drug-likeness (QED) is 0.896. The predicted octanol–water partition coefficient (Wildman–Crippen LogP) is 2.36. The van der Waals surface area contributed by atoms with Crippen LogP contribution in [-0.4, -0.2) is 35.6 Å². The zero-order chi connectivity index (χ0) is 18.9. The van der Waals surface area contributed by atoms with Crippen molar-refractivity contribution < 1.29 is 22.6 Å². The van der Waals surface area contributed by atoms with Crippen LogP contribution in [0.1, 0.15) is 22.6 Å². The first-order valence-electron chi connectivity index (χ1n) is 7.95. The Bertz CT molecular complexity index is 842. The lowest BCUT2D eigenvalue weighted by Crippen LogP contribution is -2.36. The summed E-state index contributed by atoms with van der Waals surface area (Å²) < 4.78 is 49.1. The van der Waals surface area contributed by atoms with E-state index in [0.29, 0.717) is 24.6 Å². The largest absolute Gasteiger partial charge is 0.496 e. The molecule has 0 spiro atoms. The number of benzene rings is 1. The van der Waals surface area contributed by atoms with Gasteiger partial charge in [0.05, 0.1) is 31.0 Å². The Morgan fingerprint density at radius 2 is 1.88 bits per heavy atom.